The second kappa shape index (κ2) is 6.18. The normalized spacial score (nSPS) is 22.8. The molecule has 3 rings (SSSR count). The summed E-state index contributed by atoms with van der Waals surface area (Å²) in [5, 5.41) is 17.8. The van der Waals surface area contributed by atoms with Crippen LogP contribution in [0.3, 0.4) is 0 Å². The first kappa shape index (κ1) is 16.9. The molecule has 1 aliphatic rings. The molecular weight excluding hydrogens is 358 g/mol. The van der Waals surface area contributed by atoms with Crippen molar-refractivity contribution in [2.75, 3.05) is 19.7 Å². The number of aliphatic hydroxyl groups excluding tert-OH is 1. The van der Waals surface area contributed by atoms with E-state index in [9.17, 15) is 13.5 Å². The molecule has 0 bridgehead atoms. The summed E-state index contributed by atoms with van der Waals surface area (Å²) >= 11 is 7.70. The molecule has 0 saturated carbocycles. The van der Waals surface area contributed by atoms with Gasteiger partial charge in [-0.2, -0.15) is 20.7 Å². The van der Waals surface area contributed by atoms with Crippen LogP contribution in [0.5, 0.6) is 0 Å². The molecule has 126 valence electrons. The van der Waals surface area contributed by atoms with Crippen molar-refractivity contribution in [3.8, 4) is 0 Å². The number of hydrogen-bond acceptors (Lipinski definition) is 5. The number of aromatic nitrogens is 2. The van der Waals surface area contributed by atoms with Gasteiger partial charge in [0.2, 0.25) is 10.0 Å². The third-order valence-corrected chi connectivity index (χ3v) is 7.54. The molecule has 6 nitrogen and oxygen atoms in total. The van der Waals surface area contributed by atoms with Crippen LogP contribution < -0.4 is 0 Å². The van der Waals surface area contributed by atoms with Crippen molar-refractivity contribution in [1.29, 1.82) is 0 Å². The van der Waals surface area contributed by atoms with Crippen LogP contribution >= 0.6 is 22.9 Å². The Kier molecular flexibility index (Phi) is 4.54. The summed E-state index contributed by atoms with van der Waals surface area (Å²) in [4.78, 5) is 0.0596. The van der Waals surface area contributed by atoms with Crippen molar-refractivity contribution in [2.45, 2.75) is 17.7 Å². The largest absolute Gasteiger partial charge is 0.396 e. The molecule has 2 aromatic rings. The lowest BCUT2D eigenvalue weighted by molar-refractivity contribution is 0.223. The molecule has 2 aromatic heterocycles. The summed E-state index contributed by atoms with van der Waals surface area (Å²) in [6, 6.07) is 1.98. The first-order valence-electron chi connectivity index (χ1n) is 7.18. The van der Waals surface area contributed by atoms with Gasteiger partial charge >= 0.3 is 0 Å². The van der Waals surface area contributed by atoms with Gasteiger partial charge in [-0.3, -0.25) is 4.68 Å². The van der Waals surface area contributed by atoms with Crippen LogP contribution in [0.15, 0.2) is 21.7 Å². The molecule has 0 amide bonds. The molecule has 0 spiro atoms. The molecule has 0 aliphatic carbocycles. The molecule has 0 radical (unpaired) electrons. The maximum atomic E-state index is 13.0. The highest BCUT2D eigenvalue weighted by molar-refractivity contribution is 7.89. The Morgan fingerprint density at radius 2 is 2.22 bits per heavy atom. The second-order valence-electron chi connectivity index (χ2n) is 5.76. The Labute approximate surface area is 144 Å². The minimum atomic E-state index is -3.74. The Balaban J connectivity index is 1.96. The fourth-order valence-electron chi connectivity index (χ4n) is 3.11. The SMILES string of the molecule is Cc1nn(C)c(Cl)c1S(=O)(=O)N1C[C@@H](CO)[C@@H](c2ccsc2)C1. The van der Waals surface area contributed by atoms with Gasteiger partial charge in [0.15, 0.2) is 0 Å². The van der Waals surface area contributed by atoms with Gasteiger partial charge < -0.3 is 5.11 Å². The zero-order chi connectivity index (χ0) is 16.8. The molecule has 1 aliphatic heterocycles. The molecule has 0 aromatic carbocycles. The average Bonchev–Trinajstić information content (AvgIpc) is 3.19. The Hall–Kier alpha value is -0.930. The van der Waals surface area contributed by atoms with Gasteiger partial charge in [0.25, 0.3) is 0 Å². The standard InChI is InChI=1S/C14H18ClN3O3S2/c1-9-13(14(15)17(2)16-9)23(20,21)18-5-11(7-19)12(6-18)10-3-4-22-8-10/h3-4,8,11-12,19H,5-7H2,1-2H3/t11-,12+/m0/s1. The summed E-state index contributed by atoms with van der Waals surface area (Å²) in [6.45, 7) is 2.21. The number of thiophene rings is 1. The van der Waals surface area contributed by atoms with Crippen molar-refractivity contribution in [1.82, 2.24) is 14.1 Å². The van der Waals surface area contributed by atoms with Crippen molar-refractivity contribution in [2.24, 2.45) is 13.0 Å². The van der Waals surface area contributed by atoms with E-state index in [2.05, 4.69) is 5.10 Å². The number of nitrogens with zero attached hydrogens (tertiary/aromatic N) is 3. The van der Waals surface area contributed by atoms with Crippen molar-refractivity contribution < 1.29 is 13.5 Å². The van der Waals surface area contributed by atoms with Gasteiger partial charge in [-0.05, 0) is 29.3 Å². The van der Waals surface area contributed by atoms with E-state index in [1.165, 1.54) is 8.99 Å². The topological polar surface area (TPSA) is 75.4 Å². The average molecular weight is 376 g/mol. The lowest BCUT2D eigenvalue weighted by Crippen LogP contribution is -2.30. The Bertz CT molecular complexity index is 802. The van der Waals surface area contributed by atoms with Gasteiger partial charge in [-0.1, -0.05) is 11.6 Å². The van der Waals surface area contributed by atoms with Crippen LogP contribution in [0, 0.1) is 12.8 Å². The summed E-state index contributed by atoms with van der Waals surface area (Å²) in [7, 11) is -2.12. The number of sulfonamides is 1. The number of rotatable bonds is 4. The molecule has 23 heavy (non-hydrogen) atoms. The van der Waals surface area contributed by atoms with Crippen molar-refractivity contribution >= 4 is 33.0 Å². The van der Waals surface area contributed by atoms with E-state index in [0.29, 0.717) is 12.2 Å². The summed E-state index contributed by atoms with van der Waals surface area (Å²) in [6.07, 6.45) is 0. The highest BCUT2D eigenvalue weighted by atomic mass is 35.5. The highest BCUT2D eigenvalue weighted by Gasteiger charge is 2.41. The van der Waals surface area contributed by atoms with E-state index in [1.807, 2.05) is 16.8 Å². The van der Waals surface area contributed by atoms with Gasteiger partial charge in [-0.15, -0.1) is 0 Å². The van der Waals surface area contributed by atoms with E-state index < -0.39 is 10.0 Å². The van der Waals surface area contributed by atoms with Crippen molar-refractivity contribution in [3.05, 3.63) is 33.2 Å². The van der Waals surface area contributed by atoms with Crippen LogP contribution in [-0.2, 0) is 17.1 Å². The minimum Gasteiger partial charge on any atom is -0.396 e. The monoisotopic (exact) mass is 375 g/mol. The quantitative estimate of drug-likeness (QED) is 0.884. The molecule has 1 saturated heterocycles. The highest BCUT2D eigenvalue weighted by Crippen LogP contribution is 2.38. The molecule has 2 atom stereocenters. The Morgan fingerprint density at radius 1 is 1.48 bits per heavy atom. The molecule has 9 heteroatoms. The smallest absolute Gasteiger partial charge is 0.248 e. The van der Waals surface area contributed by atoms with Crippen LogP contribution in [0.4, 0.5) is 0 Å². The second-order valence-corrected chi connectivity index (χ2v) is 8.77. The van der Waals surface area contributed by atoms with E-state index in [4.69, 9.17) is 11.6 Å². The van der Waals surface area contributed by atoms with Crippen molar-refractivity contribution in [3.63, 3.8) is 0 Å². The van der Waals surface area contributed by atoms with Crippen LogP contribution in [0.25, 0.3) is 0 Å². The molecule has 1 N–H and O–H groups in total. The number of halogens is 1. The minimum absolute atomic E-state index is 0.00298. The number of hydrogen-bond donors (Lipinski definition) is 1. The first-order valence-corrected chi connectivity index (χ1v) is 9.94. The summed E-state index contributed by atoms with van der Waals surface area (Å²) in [5.74, 6) is -0.119. The number of aliphatic hydroxyl groups is 1. The van der Waals surface area contributed by atoms with Crippen LogP contribution in [-0.4, -0.2) is 47.3 Å². The van der Waals surface area contributed by atoms with E-state index >= 15 is 0 Å². The summed E-state index contributed by atoms with van der Waals surface area (Å²) < 4.78 is 28.7. The van der Waals surface area contributed by atoms with Gasteiger partial charge in [0, 0.05) is 38.6 Å². The predicted octanol–water partition coefficient (Wildman–Crippen LogP) is 1.84. The van der Waals surface area contributed by atoms with Gasteiger partial charge in [-0.25, -0.2) is 8.42 Å². The fraction of sp³-hybridized carbons (Fsp3) is 0.500. The maximum Gasteiger partial charge on any atom is 0.248 e. The Morgan fingerprint density at radius 3 is 2.74 bits per heavy atom. The number of aryl methyl sites for hydroxylation is 2. The summed E-state index contributed by atoms with van der Waals surface area (Å²) in [5.41, 5.74) is 1.46. The third kappa shape index (κ3) is 2.83. The van der Waals surface area contributed by atoms with Gasteiger partial charge in [0.1, 0.15) is 10.0 Å². The van der Waals surface area contributed by atoms with E-state index in [0.717, 1.165) is 5.56 Å². The van der Waals surface area contributed by atoms with E-state index in [-0.39, 0.29) is 35.0 Å². The first-order chi connectivity index (χ1) is 10.9. The molecular formula is C14H18ClN3O3S2. The van der Waals surface area contributed by atoms with Crippen LogP contribution in [0.2, 0.25) is 5.15 Å². The molecule has 3 heterocycles. The third-order valence-electron chi connectivity index (χ3n) is 4.31. The lowest BCUT2D eigenvalue weighted by atomic mass is 9.92. The molecule has 0 unspecified atom stereocenters. The van der Waals surface area contributed by atoms with Crippen LogP contribution in [0.1, 0.15) is 17.2 Å². The zero-order valence-electron chi connectivity index (χ0n) is 12.8. The molecule has 1 fully saturated rings. The lowest BCUT2D eigenvalue weighted by Gasteiger charge is -2.16. The fourth-order valence-corrected chi connectivity index (χ4v) is 6.06. The zero-order valence-corrected chi connectivity index (χ0v) is 15.2. The predicted molar refractivity (Wildman–Crippen MR) is 89.3 cm³/mol. The van der Waals surface area contributed by atoms with E-state index in [1.54, 1.807) is 25.3 Å². The van der Waals surface area contributed by atoms with Gasteiger partial charge in [0.05, 0.1) is 5.69 Å². The maximum absolute atomic E-state index is 13.0.